The second-order valence-corrected chi connectivity index (χ2v) is 10.2. The van der Waals surface area contributed by atoms with E-state index in [-0.39, 0.29) is 12.7 Å². The summed E-state index contributed by atoms with van der Waals surface area (Å²) in [4.78, 5) is 27.5. The van der Waals surface area contributed by atoms with Crippen LogP contribution in [0.25, 0.3) is 17.2 Å². The highest BCUT2D eigenvalue weighted by molar-refractivity contribution is 5.95. The maximum Gasteiger partial charge on any atom is 0.257 e. The molecule has 0 unspecified atom stereocenters. The molecule has 2 aliphatic carbocycles. The summed E-state index contributed by atoms with van der Waals surface area (Å²) in [6, 6.07) is 8.37. The van der Waals surface area contributed by atoms with Crippen LogP contribution in [0.5, 0.6) is 11.5 Å². The average molecular weight is 487 g/mol. The molecule has 1 aromatic carbocycles. The van der Waals surface area contributed by atoms with Gasteiger partial charge in [-0.05, 0) is 49.9 Å². The van der Waals surface area contributed by atoms with Crippen LogP contribution < -0.4 is 9.47 Å². The zero-order valence-corrected chi connectivity index (χ0v) is 20.3. The second-order valence-electron chi connectivity index (χ2n) is 10.2. The maximum atomic E-state index is 13.6. The monoisotopic (exact) mass is 486 g/mol. The van der Waals surface area contributed by atoms with E-state index in [0.717, 1.165) is 61.7 Å². The Balaban J connectivity index is 1.14. The second kappa shape index (κ2) is 8.89. The molecule has 9 heteroatoms. The zero-order chi connectivity index (χ0) is 24.1. The molecular weight excluding hydrogens is 456 g/mol. The molecule has 0 N–H and O–H groups in total. The van der Waals surface area contributed by atoms with Gasteiger partial charge in [-0.1, -0.05) is 12.8 Å². The van der Waals surface area contributed by atoms with E-state index in [0.29, 0.717) is 29.2 Å². The van der Waals surface area contributed by atoms with Crippen molar-refractivity contribution in [1.29, 1.82) is 0 Å². The van der Waals surface area contributed by atoms with Crippen LogP contribution in [0.1, 0.15) is 60.5 Å². The minimum Gasteiger partial charge on any atom is -0.454 e. The Morgan fingerprint density at radius 2 is 1.75 bits per heavy atom. The minimum atomic E-state index is 0.0844. The average Bonchev–Trinajstić information content (AvgIpc) is 3.32. The summed E-state index contributed by atoms with van der Waals surface area (Å²) < 4.78 is 12.7. The Bertz CT molecular complexity index is 1290. The summed E-state index contributed by atoms with van der Waals surface area (Å²) in [6.45, 7) is 3.72. The fraction of sp³-hybridized carbons (Fsp3) is 0.481. The molecule has 7 rings (SSSR count). The first-order chi connectivity index (χ1) is 17.7. The third kappa shape index (κ3) is 3.91. The minimum absolute atomic E-state index is 0.0844. The lowest BCUT2D eigenvalue weighted by Crippen LogP contribution is -2.51. The van der Waals surface area contributed by atoms with Gasteiger partial charge in [0.2, 0.25) is 6.79 Å². The van der Waals surface area contributed by atoms with Gasteiger partial charge in [0.15, 0.2) is 11.5 Å². The van der Waals surface area contributed by atoms with Crippen LogP contribution in [-0.2, 0) is 0 Å². The third-order valence-corrected chi connectivity index (χ3v) is 7.94. The number of nitrogens with zero attached hydrogens (tertiary/aromatic N) is 6. The van der Waals surface area contributed by atoms with Gasteiger partial charge in [-0.2, -0.15) is 5.10 Å². The summed E-state index contributed by atoms with van der Waals surface area (Å²) in [6.07, 6.45) is 10.9. The first-order valence-electron chi connectivity index (χ1n) is 13.1. The smallest absolute Gasteiger partial charge is 0.257 e. The van der Waals surface area contributed by atoms with E-state index < -0.39 is 0 Å². The van der Waals surface area contributed by atoms with Crippen molar-refractivity contribution >= 4 is 5.91 Å². The van der Waals surface area contributed by atoms with E-state index in [1.165, 1.54) is 25.7 Å². The van der Waals surface area contributed by atoms with Gasteiger partial charge in [0, 0.05) is 49.9 Å². The summed E-state index contributed by atoms with van der Waals surface area (Å²) >= 11 is 0. The number of rotatable bonds is 5. The number of piperazine rings is 1. The van der Waals surface area contributed by atoms with Crippen LogP contribution in [0.3, 0.4) is 0 Å². The van der Waals surface area contributed by atoms with Gasteiger partial charge >= 0.3 is 0 Å². The highest BCUT2D eigenvalue weighted by Gasteiger charge is 2.36. The van der Waals surface area contributed by atoms with Gasteiger partial charge in [0.05, 0.1) is 23.1 Å². The number of hydrogen-bond acceptors (Lipinski definition) is 7. The van der Waals surface area contributed by atoms with E-state index in [1.54, 1.807) is 17.1 Å². The Morgan fingerprint density at radius 3 is 2.56 bits per heavy atom. The SMILES string of the molecule is O=C(c1cnn(-c2nccc(-c3ccc4c(c3)OCO4)n2)c1C1CC1)N1CCN(C2CCCC2)CC1. The highest BCUT2D eigenvalue weighted by Crippen LogP contribution is 2.43. The fourth-order valence-corrected chi connectivity index (χ4v) is 5.83. The van der Waals surface area contributed by atoms with Crippen molar-refractivity contribution in [2.24, 2.45) is 0 Å². The number of hydrogen-bond donors (Lipinski definition) is 0. The quantitative estimate of drug-likeness (QED) is 0.544. The van der Waals surface area contributed by atoms with Crippen LogP contribution in [-0.4, -0.2) is 74.5 Å². The summed E-state index contributed by atoms with van der Waals surface area (Å²) in [7, 11) is 0. The van der Waals surface area contributed by atoms with Crippen molar-refractivity contribution in [2.75, 3.05) is 33.0 Å². The van der Waals surface area contributed by atoms with Crippen molar-refractivity contribution in [3.63, 3.8) is 0 Å². The molecule has 9 nitrogen and oxygen atoms in total. The van der Waals surface area contributed by atoms with Crippen LogP contribution in [0.4, 0.5) is 0 Å². The van der Waals surface area contributed by atoms with E-state index >= 15 is 0 Å². The number of ether oxygens (including phenoxy) is 2. The predicted molar refractivity (Wildman–Crippen MR) is 132 cm³/mol. The van der Waals surface area contributed by atoms with Crippen molar-refractivity contribution in [3.05, 3.63) is 47.9 Å². The van der Waals surface area contributed by atoms with Gasteiger partial charge in [0.25, 0.3) is 11.9 Å². The van der Waals surface area contributed by atoms with E-state index in [1.807, 2.05) is 29.2 Å². The van der Waals surface area contributed by atoms with Crippen molar-refractivity contribution in [1.82, 2.24) is 29.5 Å². The van der Waals surface area contributed by atoms with E-state index in [9.17, 15) is 4.79 Å². The number of carbonyl (C=O) groups excluding carboxylic acids is 1. The largest absolute Gasteiger partial charge is 0.454 e. The summed E-state index contributed by atoms with van der Waals surface area (Å²) in [5, 5.41) is 4.62. The molecule has 0 bridgehead atoms. The Kier molecular flexibility index (Phi) is 5.38. The van der Waals surface area contributed by atoms with Crippen molar-refractivity contribution in [3.8, 4) is 28.7 Å². The van der Waals surface area contributed by atoms with Crippen molar-refractivity contribution in [2.45, 2.75) is 50.5 Å². The number of benzene rings is 1. The number of amides is 1. The molecule has 2 aliphatic heterocycles. The number of aromatic nitrogens is 4. The third-order valence-electron chi connectivity index (χ3n) is 7.94. The molecule has 36 heavy (non-hydrogen) atoms. The topological polar surface area (TPSA) is 85.6 Å². The first kappa shape index (κ1) is 21.8. The molecule has 0 radical (unpaired) electrons. The number of fused-ring (bicyclic) bond motifs is 1. The van der Waals surface area contributed by atoms with Crippen molar-refractivity contribution < 1.29 is 14.3 Å². The molecule has 1 amide bonds. The Morgan fingerprint density at radius 1 is 0.944 bits per heavy atom. The van der Waals surface area contributed by atoms with Gasteiger partial charge in [-0.25, -0.2) is 14.6 Å². The molecule has 186 valence electrons. The lowest BCUT2D eigenvalue weighted by Gasteiger charge is -2.38. The summed E-state index contributed by atoms with van der Waals surface area (Å²) in [5.41, 5.74) is 3.33. The highest BCUT2D eigenvalue weighted by atomic mass is 16.7. The molecule has 0 atom stereocenters. The standard InChI is InChI=1S/C27H30N6O3/c34-26(32-13-11-31(12-14-32)20-3-1-2-4-20)21-16-29-33(25(21)18-5-6-18)27-28-10-9-22(30-27)19-7-8-23-24(15-19)36-17-35-23/h7-10,15-16,18,20H,1-6,11-14,17H2. The van der Waals surface area contributed by atoms with Crippen LogP contribution in [0.2, 0.25) is 0 Å². The predicted octanol–water partition coefficient (Wildman–Crippen LogP) is 3.64. The molecule has 4 aliphatic rings. The lowest BCUT2D eigenvalue weighted by atomic mass is 10.1. The van der Waals surface area contributed by atoms with E-state index in [2.05, 4.69) is 15.0 Å². The van der Waals surface area contributed by atoms with Crippen LogP contribution in [0.15, 0.2) is 36.7 Å². The molecular formula is C27H30N6O3. The van der Waals surface area contributed by atoms with Gasteiger partial charge in [-0.3, -0.25) is 9.69 Å². The number of carbonyl (C=O) groups is 1. The lowest BCUT2D eigenvalue weighted by molar-refractivity contribution is 0.0572. The Labute approximate surface area is 210 Å². The maximum absolute atomic E-state index is 13.6. The normalized spacial score (nSPS) is 20.3. The zero-order valence-electron chi connectivity index (χ0n) is 20.3. The van der Waals surface area contributed by atoms with Gasteiger partial charge in [0.1, 0.15) is 0 Å². The molecule has 3 fully saturated rings. The molecule has 3 aromatic rings. The van der Waals surface area contributed by atoms with E-state index in [4.69, 9.17) is 14.5 Å². The molecule has 4 heterocycles. The Hall–Kier alpha value is -3.46. The first-order valence-corrected chi connectivity index (χ1v) is 13.1. The van der Waals surface area contributed by atoms with Crippen LogP contribution in [0, 0.1) is 0 Å². The summed E-state index contributed by atoms with van der Waals surface area (Å²) in [5.74, 6) is 2.34. The fourth-order valence-electron chi connectivity index (χ4n) is 5.83. The van der Waals surface area contributed by atoms with Gasteiger partial charge < -0.3 is 14.4 Å². The van der Waals surface area contributed by atoms with Crippen LogP contribution >= 0.6 is 0 Å². The molecule has 0 spiro atoms. The molecule has 2 aromatic heterocycles. The molecule has 2 saturated carbocycles. The molecule has 1 saturated heterocycles. The van der Waals surface area contributed by atoms with Gasteiger partial charge in [-0.15, -0.1) is 0 Å².